The van der Waals surface area contributed by atoms with Crippen LogP contribution in [0.4, 0.5) is 5.69 Å². The molecule has 2 unspecified atom stereocenters. The van der Waals surface area contributed by atoms with Gasteiger partial charge in [0.2, 0.25) is 0 Å². The highest BCUT2D eigenvalue weighted by atomic mass is 16.3. The number of piperazine rings is 1. The highest BCUT2D eigenvalue weighted by Gasteiger charge is 2.34. The number of β-amino-alcohol motifs (C(OH)–C–C–N with tert-alkyl or cyclic N) is 1. The number of aliphatic hydroxyl groups is 1. The molecule has 1 aromatic rings. The van der Waals surface area contributed by atoms with Crippen LogP contribution in [-0.4, -0.2) is 73.0 Å². The maximum Gasteiger partial charge on any atom is 0.0831 e. The van der Waals surface area contributed by atoms with Crippen LogP contribution in [0.5, 0.6) is 0 Å². The second kappa shape index (κ2) is 5.57. The minimum Gasteiger partial charge on any atom is -0.390 e. The smallest absolute Gasteiger partial charge is 0.0831 e. The number of rotatable bonds is 2. The fourth-order valence-electron chi connectivity index (χ4n) is 3.92. The van der Waals surface area contributed by atoms with E-state index in [4.69, 9.17) is 0 Å². The highest BCUT2D eigenvalue weighted by Crippen LogP contribution is 2.29. The molecule has 2 atom stereocenters. The molecular weight excluding hydrogens is 264 g/mol. The van der Waals surface area contributed by atoms with Gasteiger partial charge in [0.15, 0.2) is 0 Å². The molecular formula is C16H24N4O. The highest BCUT2D eigenvalue weighted by molar-refractivity contribution is 5.56. The third-order valence-corrected chi connectivity index (χ3v) is 5.11. The Morgan fingerprint density at radius 2 is 1.81 bits per heavy atom. The summed E-state index contributed by atoms with van der Waals surface area (Å²) in [5.41, 5.74) is 2.85. The van der Waals surface area contributed by atoms with Crippen LogP contribution in [0.3, 0.4) is 0 Å². The molecule has 3 heterocycles. The van der Waals surface area contributed by atoms with E-state index in [1.54, 1.807) is 0 Å². The molecule has 0 aliphatic carbocycles. The Hall–Kier alpha value is -1.14. The zero-order chi connectivity index (χ0) is 14.2. The Bertz CT molecular complexity index is 501. The summed E-state index contributed by atoms with van der Waals surface area (Å²) >= 11 is 0. The van der Waals surface area contributed by atoms with Crippen molar-refractivity contribution in [1.29, 1.82) is 0 Å². The van der Waals surface area contributed by atoms with Gasteiger partial charge in [-0.15, -0.1) is 0 Å². The first-order chi connectivity index (χ1) is 10.3. The van der Waals surface area contributed by atoms with E-state index in [0.717, 1.165) is 52.2 Å². The van der Waals surface area contributed by atoms with E-state index in [-0.39, 0.29) is 6.10 Å². The molecule has 5 nitrogen and oxygen atoms in total. The van der Waals surface area contributed by atoms with Crippen molar-refractivity contribution < 1.29 is 5.11 Å². The zero-order valence-corrected chi connectivity index (χ0v) is 12.4. The number of aliphatic hydroxyl groups excluding tert-OH is 1. The van der Waals surface area contributed by atoms with Crippen molar-refractivity contribution in [3.63, 3.8) is 0 Å². The molecule has 2 fully saturated rings. The number of hydrazine groups is 1. The maximum atomic E-state index is 10.0. The molecule has 5 heteroatoms. The minimum absolute atomic E-state index is 0.205. The Morgan fingerprint density at radius 1 is 1.00 bits per heavy atom. The summed E-state index contributed by atoms with van der Waals surface area (Å²) < 4.78 is 0. The number of para-hydroxylation sites is 1. The average molecular weight is 288 g/mol. The zero-order valence-electron chi connectivity index (χ0n) is 12.4. The van der Waals surface area contributed by atoms with Crippen LogP contribution < -0.4 is 10.3 Å². The molecule has 2 N–H and O–H groups in total. The van der Waals surface area contributed by atoms with E-state index in [9.17, 15) is 5.11 Å². The third-order valence-electron chi connectivity index (χ3n) is 5.11. The van der Waals surface area contributed by atoms with Crippen LogP contribution in [-0.2, 0) is 6.42 Å². The minimum atomic E-state index is -0.205. The van der Waals surface area contributed by atoms with Crippen molar-refractivity contribution in [1.82, 2.24) is 15.2 Å². The SMILES string of the molecule is OC1CNCC1N1CCN(N2CCc3ccccc32)CC1. The molecule has 0 saturated carbocycles. The molecule has 2 saturated heterocycles. The number of nitrogens with one attached hydrogen (secondary N) is 1. The van der Waals surface area contributed by atoms with Crippen molar-refractivity contribution in [2.45, 2.75) is 18.6 Å². The number of benzene rings is 1. The van der Waals surface area contributed by atoms with Crippen molar-refractivity contribution in [3.05, 3.63) is 29.8 Å². The van der Waals surface area contributed by atoms with Gasteiger partial charge in [0.25, 0.3) is 0 Å². The van der Waals surface area contributed by atoms with Crippen molar-refractivity contribution in [2.24, 2.45) is 0 Å². The summed E-state index contributed by atoms with van der Waals surface area (Å²) in [5.74, 6) is 0. The second-order valence-electron chi connectivity index (χ2n) is 6.28. The van der Waals surface area contributed by atoms with Crippen LogP contribution in [0.25, 0.3) is 0 Å². The van der Waals surface area contributed by atoms with E-state index in [2.05, 4.69) is 44.5 Å². The largest absolute Gasteiger partial charge is 0.390 e. The number of hydrogen-bond donors (Lipinski definition) is 2. The predicted octanol–water partition coefficient (Wildman–Crippen LogP) is -0.0856. The molecule has 114 valence electrons. The van der Waals surface area contributed by atoms with Crippen molar-refractivity contribution >= 4 is 5.69 Å². The van der Waals surface area contributed by atoms with E-state index in [0.29, 0.717) is 6.04 Å². The van der Waals surface area contributed by atoms with Crippen molar-refractivity contribution in [2.75, 3.05) is 50.8 Å². The van der Waals surface area contributed by atoms with E-state index in [1.165, 1.54) is 11.3 Å². The Labute approximate surface area is 126 Å². The molecule has 3 aliphatic heterocycles. The first kappa shape index (κ1) is 13.5. The average Bonchev–Trinajstić information content (AvgIpc) is 3.14. The lowest BCUT2D eigenvalue weighted by Gasteiger charge is -2.43. The van der Waals surface area contributed by atoms with Gasteiger partial charge in [0.1, 0.15) is 0 Å². The summed E-state index contributed by atoms with van der Waals surface area (Å²) in [5, 5.41) is 18.2. The number of nitrogens with zero attached hydrogens (tertiary/aromatic N) is 3. The first-order valence-electron chi connectivity index (χ1n) is 8.06. The predicted molar refractivity (Wildman–Crippen MR) is 83.3 cm³/mol. The molecule has 0 spiro atoms. The van der Waals surface area contributed by atoms with Gasteiger partial charge in [-0.05, 0) is 18.1 Å². The fourth-order valence-corrected chi connectivity index (χ4v) is 3.92. The topological polar surface area (TPSA) is 42.0 Å². The van der Waals surface area contributed by atoms with Crippen molar-refractivity contribution in [3.8, 4) is 0 Å². The van der Waals surface area contributed by atoms with Gasteiger partial charge in [0, 0.05) is 51.9 Å². The van der Waals surface area contributed by atoms with Crippen LogP contribution in [0.15, 0.2) is 24.3 Å². The van der Waals surface area contributed by atoms with Gasteiger partial charge in [-0.25, -0.2) is 5.01 Å². The van der Waals surface area contributed by atoms with E-state index in [1.807, 2.05) is 0 Å². The second-order valence-corrected chi connectivity index (χ2v) is 6.28. The summed E-state index contributed by atoms with van der Waals surface area (Å²) in [7, 11) is 0. The van der Waals surface area contributed by atoms with Crippen LogP contribution in [0.1, 0.15) is 5.56 Å². The Kier molecular flexibility index (Phi) is 3.59. The lowest BCUT2D eigenvalue weighted by atomic mass is 10.1. The van der Waals surface area contributed by atoms with Gasteiger partial charge in [0.05, 0.1) is 11.8 Å². The maximum absolute atomic E-state index is 10.0. The standard InChI is InChI=1S/C16H24N4O/c21-16-12-17-11-15(16)18-7-9-19(10-8-18)20-6-5-13-3-1-2-4-14(13)20/h1-4,15-17,21H,5-12H2. The van der Waals surface area contributed by atoms with Gasteiger partial charge < -0.3 is 15.4 Å². The number of anilines is 1. The molecule has 0 amide bonds. The molecule has 0 aromatic heterocycles. The Morgan fingerprint density at radius 3 is 2.57 bits per heavy atom. The number of hydrogen-bond acceptors (Lipinski definition) is 5. The summed E-state index contributed by atoms with van der Waals surface area (Å²) in [6.07, 6.45) is 0.950. The van der Waals surface area contributed by atoms with Gasteiger partial charge in [-0.2, -0.15) is 0 Å². The third kappa shape index (κ3) is 2.44. The summed E-state index contributed by atoms with van der Waals surface area (Å²) in [6.45, 7) is 6.96. The summed E-state index contributed by atoms with van der Waals surface area (Å²) in [6, 6.07) is 9.05. The van der Waals surface area contributed by atoms with E-state index >= 15 is 0 Å². The molecule has 21 heavy (non-hydrogen) atoms. The van der Waals surface area contributed by atoms with Gasteiger partial charge >= 0.3 is 0 Å². The molecule has 0 bridgehead atoms. The monoisotopic (exact) mass is 288 g/mol. The molecule has 4 rings (SSSR count). The molecule has 0 radical (unpaired) electrons. The Balaban J connectivity index is 1.40. The summed E-state index contributed by atoms with van der Waals surface area (Å²) in [4.78, 5) is 2.45. The molecule has 3 aliphatic rings. The normalized spacial score (nSPS) is 30.8. The van der Waals surface area contributed by atoms with E-state index < -0.39 is 0 Å². The fraction of sp³-hybridized carbons (Fsp3) is 0.625. The quantitative estimate of drug-likeness (QED) is 0.796. The lowest BCUT2D eigenvalue weighted by molar-refractivity contribution is 0.0416. The van der Waals surface area contributed by atoms with Crippen LogP contribution in [0.2, 0.25) is 0 Å². The van der Waals surface area contributed by atoms with Crippen LogP contribution in [0, 0.1) is 0 Å². The molecule has 1 aromatic carbocycles. The van der Waals surface area contributed by atoms with Gasteiger partial charge in [-0.1, -0.05) is 18.2 Å². The first-order valence-corrected chi connectivity index (χ1v) is 8.06. The lowest BCUT2D eigenvalue weighted by Crippen LogP contribution is -2.57. The van der Waals surface area contributed by atoms with Gasteiger partial charge in [-0.3, -0.25) is 4.90 Å². The number of fused-ring (bicyclic) bond motifs is 1. The van der Waals surface area contributed by atoms with Crippen LogP contribution >= 0.6 is 0 Å².